The van der Waals surface area contributed by atoms with Crippen molar-refractivity contribution in [1.82, 2.24) is 0 Å². The topological polar surface area (TPSA) is 95.7 Å². The molecule has 0 bridgehead atoms. The fourth-order valence-electron chi connectivity index (χ4n) is 2.42. The normalized spacial score (nSPS) is 13.4. The molecule has 0 saturated carbocycles. The fourth-order valence-corrected chi connectivity index (χ4v) is 2.42. The van der Waals surface area contributed by atoms with E-state index in [0.717, 1.165) is 5.56 Å². The highest BCUT2D eigenvalue weighted by Gasteiger charge is 2.42. The Morgan fingerprint density at radius 2 is 1.46 bits per heavy atom. The number of nitro groups is 1. The van der Waals surface area contributed by atoms with E-state index in [0.29, 0.717) is 0 Å². The molecule has 0 fully saturated rings. The zero-order chi connectivity index (χ0) is 21.5. The molecule has 0 aromatic heterocycles. The Labute approximate surface area is 165 Å². The van der Waals surface area contributed by atoms with E-state index >= 15 is 0 Å². The molecule has 7 heteroatoms. The number of rotatable bonds is 7. The van der Waals surface area contributed by atoms with E-state index in [4.69, 9.17) is 9.47 Å². The molecule has 7 nitrogen and oxygen atoms in total. The van der Waals surface area contributed by atoms with Crippen molar-refractivity contribution in [3.8, 4) is 0 Å². The number of hydrogen-bond acceptors (Lipinski definition) is 6. The summed E-state index contributed by atoms with van der Waals surface area (Å²) in [6.07, 6.45) is 3.15. The summed E-state index contributed by atoms with van der Waals surface area (Å²) >= 11 is 0. The summed E-state index contributed by atoms with van der Waals surface area (Å²) in [5, 5.41) is 11.2. The van der Waals surface area contributed by atoms with Crippen LogP contribution in [0.25, 0.3) is 6.08 Å². The molecule has 154 valence electrons. The van der Waals surface area contributed by atoms with Gasteiger partial charge in [-0.15, -0.1) is 0 Å². The lowest BCUT2D eigenvalue weighted by Crippen LogP contribution is -2.42. The fraction of sp³-hybridized carbons (Fsp3) is 0.524. The first kappa shape index (κ1) is 23.3. The minimum absolute atomic E-state index is 0.554. The summed E-state index contributed by atoms with van der Waals surface area (Å²) in [5.41, 5.74) is -0.901. The molecule has 0 aliphatic heterocycles. The average molecular weight is 391 g/mol. The Hall–Kier alpha value is -2.70. The smallest absolute Gasteiger partial charge is 0.321 e. The minimum Gasteiger partial charge on any atom is -0.459 e. The summed E-state index contributed by atoms with van der Waals surface area (Å²) in [5.74, 6) is -4.14. The first-order chi connectivity index (χ1) is 12.8. The Balaban J connectivity index is 3.27. The number of hydrogen-bond donors (Lipinski definition) is 0. The Morgan fingerprint density at radius 1 is 1.00 bits per heavy atom. The Bertz CT molecular complexity index is 685. The summed E-state index contributed by atoms with van der Waals surface area (Å²) in [6.45, 7) is 9.39. The molecule has 0 heterocycles. The van der Waals surface area contributed by atoms with Gasteiger partial charge in [0.25, 0.3) is 0 Å². The monoisotopic (exact) mass is 391 g/mol. The zero-order valence-electron chi connectivity index (χ0n) is 17.3. The molecule has 1 aromatic carbocycles. The van der Waals surface area contributed by atoms with Crippen LogP contribution < -0.4 is 0 Å². The number of nitrogens with zero attached hydrogens (tertiary/aromatic N) is 1. The van der Waals surface area contributed by atoms with Crippen LogP contribution in [0, 0.1) is 22.0 Å². The predicted octanol–water partition coefficient (Wildman–Crippen LogP) is 3.89. The number of carbonyl (C=O) groups excluding carboxylic acids is 2. The van der Waals surface area contributed by atoms with Crippen molar-refractivity contribution in [2.75, 3.05) is 6.54 Å². The summed E-state index contributed by atoms with van der Waals surface area (Å²) in [4.78, 5) is 36.1. The van der Waals surface area contributed by atoms with Crippen molar-refractivity contribution in [2.45, 2.75) is 52.7 Å². The highest BCUT2D eigenvalue weighted by atomic mass is 16.6. The second-order valence-electron chi connectivity index (χ2n) is 8.49. The SMILES string of the molecule is CC(C)(C)OC(=O)C(C(=O)OC(C)(C)C)[C@@H](/C=C\c1ccccc1)C[N+](=O)[O-]. The molecule has 0 amide bonds. The van der Waals surface area contributed by atoms with Gasteiger partial charge in [-0.2, -0.15) is 0 Å². The molecule has 0 aliphatic rings. The maximum atomic E-state index is 12.7. The van der Waals surface area contributed by atoms with Crippen LogP contribution in [0.3, 0.4) is 0 Å². The molecule has 0 radical (unpaired) electrons. The summed E-state index contributed by atoms with van der Waals surface area (Å²) in [6, 6.07) is 9.12. The Kier molecular flexibility index (Phi) is 7.90. The largest absolute Gasteiger partial charge is 0.459 e. The molecule has 1 rings (SSSR count). The lowest BCUT2D eigenvalue weighted by Gasteiger charge is -2.28. The second-order valence-corrected chi connectivity index (χ2v) is 8.49. The molecule has 1 atom stereocenters. The molecular weight excluding hydrogens is 362 g/mol. The third kappa shape index (κ3) is 8.79. The number of ether oxygens (including phenoxy) is 2. The predicted molar refractivity (Wildman–Crippen MR) is 106 cm³/mol. The van der Waals surface area contributed by atoms with Crippen molar-refractivity contribution in [3.05, 3.63) is 52.1 Å². The third-order valence-electron chi connectivity index (χ3n) is 3.44. The van der Waals surface area contributed by atoms with Gasteiger partial charge in [0.2, 0.25) is 6.54 Å². The molecule has 0 N–H and O–H groups in total. The maximum absolute atomic E-state index is 12.7. The van der Waals surface area contributed by atoms with E-state index in [-0.39, 0.29) is 0 Å². The Morgan fingerprint density at radius 3 is 1.86 bits per heavy atom. The van der Waals surface area contributed by atoms with Crippen LogP contribution in [0.15, 0.2) is 36.4 Å². The van der Waals surface area contributed by atoms with E-state index < -0.39 is 46.4 Å². The van der Waals surface area contributed by atoms with Gasteiger partial charge in [0.15, 0.2) is 5.92 Å². The van der Waals surface area contributed by atoms with Crippen LogP contribution in [0.4, 0.5) is 0 Å². The molecule has 1 aromatic rings. The van der Waals surface area contributed by atoms with Gasteiger partial charge in [-0.25, -0.2) is 0 Å². The third-order valence-corrected chi connectivity index (χ3v) is 3.44. The molecule has 0 aliphatic carbocycles. The first-order valence-corrected chi connectivity index (χ1v) is 9.09. The first-order valence-electron chi connectivity index (χ1n) is 9.09. The standard InChI is InChI=1S/C21H29NO6/c1-20(2,3)27-18(23)17(19(24)28-21(4,5)6)16(14-22(25)26)13-12-15-10-8-7-9-11-15/h7-13,16-17H,14H2,1-6H3/b13-12-/t16-/m0/s1. The summed E-state index contributed by atoms with van der Waals surface area (Å²) in [7, 11) is 0. The highest BCUT2D eigenvalue weighted by Crippen LogP contribution is 2.24. The van der Waals surface area contributed by atoms with Gasteiger partial charge < -0.3 is 9.47 Å². The van der Waals surface area contributed by atoms with Gasteiger partial charge in [-0.05, 0) is 47.1 Å². The van der Waals surface area contributed by atoms with Crippen molar-refractivity contribution in [1.29, 1.82) is 0 Å². The van der Waals surface area contributed by atoms with Crippen molar-refractivity contribution < 1.29 is 24.0 Å². The van der Waals surface area contributed by atoms with Gasteiger partial charge in [0.05, 0.1) is 5.92 Å². The molecule has 0 saturated heterocycles. The van der Waals surface area contributed by atoms with Crippen molar-refractivity contribution >= 4 is 18.0 Å². The van der Waals surface area contributed by atoms with E-state index in [1.165, 1.54) is 6.08 Å². The number of carbonyl (C=O) groups is 2. The summed E-state index contributed by atoms with van der Waals surface area (Å²) < 4.78 is 10.7. The minimum atomic E-state index is -1.44. The van der Waals surface area contributed by atoms with Gasteiger partial charge in [0, 0.05) is 4.92 Å². The highest BCUT2D eigenvalue weighted by molar-refractivity contribution is 5.96. The average Bonchev–Trinajstić information content (AvgIpc) is 2.49. The van der Waals surface area contributed by atoms with Crippen LogP contribution in [0.1, 0.15) is 47.1 Å². The molecule has 0 unspecified atom stereocenters. The van der Waals surface area contributed by atoms with Gasteiger partial charge in [-0.1, -0.05) is 42.5 Å². The number of benzene rings is 1. The van der Waals surface area contributed by atoms with Crippen molar-refractivity contribution in [3.63, 3.8) is 0 Å². The molecular formula is C21H29NO6. The number of esters is 2. The lowest BCUT2D eigenvalue weighted by molar-refractivity contribution is -0.486. The van der Waals surface area contributed by atoms with Crippen molar-refractivity contribution in [2.24, 2.45) is 11.8 Å². The van der Waals surface area contributed by atoms with Crippen LogP contribution in [-0.4, -0.2) is 34.6 Å². The van der Waals surface area contributed by atoms with Crippen LogP contribution in [0.2, 0.25) is 0 Å². The zero-order valence-corrected chi connectivity index (χ0v) is 17.3. The van der Waals surface area contributed by atoms with Crippen LogP contribution >= 0.6 is 0 Å². The van der Waals surface area contributed by atoms with E-state index in [9.17, 15) is 19.7 Å². The maximum Gasteiger partial charge on any atom is 0.321 e. The molecule has 0 spiro atoms. The van der Waals surface area contributed by atoms with Gasteiger partial charge >= 0.3 is 11.9 Å². The second kappa shape index (κ2) is 9.48. The van der Waals surface area contributed by atoms with E-state index in [1.54, 1.807) is 47.6 Å². The van der Waals surface area contributed by atoms with Gasteiger partial charge in [0.1, 0.15) is 11.2 Å². The quantitative estimate of drug-likeness (QED) is 0.303. The lowest BCUT2D eigenvalue weighted by atomic mass is 9.90. The van der Waals surface area contributed by atoms with E-state index in [2.05, 4.69) is 0 Å². The van der Waals surface area contributed by atoms with Crippen LogP contribution in [-0.2, 0) is 19.1 Å². The molecule has 28 heavy (non-hydrogen) atoms. The van der Waals surface area contributed by atoms with Crippen LogP contribution in [0.5, 0.6) is 0 Å². The van der Waals surface area contributed by atoms with Gasteiger partial charge in [-0.3, -0.25) is 19.7 Å². The van der Waals surface area contributed by atoms with E-state index in [1.807, 2.05) is 30.3 Å².